The lowest BCUT2D eigenvalue weighted by atomic mass is 10.0. The molecule has 2 unspecified atom stereocenters. The summed E-state index contributed by atoms with van der Waals surface area (Å²) >= 11 is 0. The Morgan fingerprint density at radius 2 is 2.10 bits per heavy atom. The Kier molecular flexibility index (Phi) is 6.93. The molecule has 0 saturated carbocycles. The van der Waals surface area contributed by atoms with Crippen molar-refractivity contribution in [3.05, 3.63) is 0 Å². The van der Waals surface area contributed by atoms with E-state index in [-0.39, 0.29) is 5.91 Å². The van der Waals surface area contributed by atoms with E-state index in [1.807, 2.05) is 0 Å². The largest absolute Gasteiger partial charge is 0.355 e. The molecule has 0 aliphatic carbocycles. The Bertz CT molecular complexity index is 309. The second-order valence-electron chi connectivity index (χ2n) is 6.52. The lowest BCUT2D eigenvalue weighted by molar-refractivity contribution is -0.121. The van der Waals surface area contributed by atoms with Gasteiger partial charge in [0.25, 0.3) is 0 Å². The smallest absolute Gasteiger partial charge is 0.220 e. The minimum Gasteiger partial charge on any atom is -0.355 e. The zero-order valence-corrected chi connectivity index (χ0v) is 13.7. The molecule has 21 heavy (non-hydrogen) atoms. The number of likely N-dealkylation sites (N-methyl/N-ethyl adjacent to an activating group) is 1. The van der Waals surface area contributed by atoms with E-state index in [2.05, 4.69) is 34.3 Å². The first-order chi connectivity index (χ1) is 10.2. The lowest BCUT2D eigenvalue weighted by Crippen LogP contribution is -2.52. The van der Waals surface area contributed by atoms with Crippen molar-refractivity contribution in [1.29, 1.82) is 0 Å². The van der Waals surface area contributed by atoms with Crippen molar-refractivity contribution in [3.63, 3.8) is 0 Å². The van der Waals surface area contributed by atoms with Gasteiger partial charge in [-0.3, -0.25) is 9.69 Å². The molecule has 0 aromatic heterocycles. The van der Waals surface area contributed by atoms with E-state index in [0.717, 1.165) is 58.8 Å². The summed E-state index contributed by atoms with van der Waals surface area (Å²) in [5.74, 6) is 0.927. The van der Waals surface area contributed by atoms with E-state index in [9.17, 15) is 4.79 Å². The zero-order chi connectivity index (χ0) is 15.1. The summed E-state index contributed by atoms with van der Waals surface area (Å²) in [6.45, 7) is 13.1. The van der Waals surface area contributed by atoms with E-state index >= 15 is 0 Å². The van der Waals surface area contributed by atoms with Crippen LogP contribution < -0.4 is 10.6 Å². The molecule has 2 atom stereocenters. The molecule has 2 aliphatic rings. The number of nitrogens with one attached hydrogen (secondary N) is 2. The van der Waals surface area contributed by atoms with Crippen LogP contribution in [-0.2, 0) is 4.79 Å². The predicted octanol–water partition coefficient (Wildman–Crippen LogP) is 0.518. The van der Waals surface area contributed by atoms with Crippen LogP contribution in [0.3, 0.4) is 0 Å². The van der Waals surface area contributed by atoms with Crippen LogP contribution in [0, 0.1) is 5.92 Å². The molecule has 2 aliphatic heterocycles. The third kappa shape index (κ3) is 5.57. The second-order valence-corrected chi connectivity index (χ2v) is 6.52. The summed E-state index contributed by atoms with van der Waals surface area (Å²) in [7, 11) is 0. The standard InChI is InChI=1S/C16H32N4O/c1-3-19-8-10-20(11-9-19)14(2)12-18-16(21)5-4-15-6-7-17-13-15/h14-15,17H,3-13H2,1-2H3,(H,18,21). The average molecular weight is 296 g/mol. The monoisotopic (exact) mass is 296 g/mol. The molecule has 0 spiro atoms. The van der Waals surface area contributed by atoms with Gasteiger partial charge >= 0.3 is 0 Å². The van der Waals surface area contributed by atoms with Gasteiger partial charge in [0.2, 0.25) is 5.91 Å². The molecule has 2 rings (SSSR count). The molecule has 0 aromatic rings. The number of piperazine rings is 1. The summed E-state index contributed by atoms with van der Waals surface area (Å²) in [5, 5.41) is 6.47. The van der Waals surface area contributed by atoms with Gasteiger partial charge in [0.05, 0.1) is 0 Å². The number of hydrogen-bond donors (Lipinski definition) is 2. The fourth-order valence-electron chi connectivity index (χ4n) is 3.30. The van der Waals surface area contributed by atoms with Crippen molar-refractivity contribution in [3.8, 4) is 0 Å². The van der Waals surface area contributed by atoms with Crippen molar-refractivity contribution < 1.29 is 4.79 Å². The van der Waals surface area contributed by atoms with E-state index in [4.69, 9.17) is 0 Å². The normalized spacial score (nSPS) is 25.9. The number of rotatable bonds is 7. The molecule has 0 bridgehead atoms. The van der Waals surface area contributed by atoms with Crippen molar-refractivity contribution in [2.45, 2.75) is 39.2 Å². The van der Waals surface area contributed by atoms with Crippen LogP contribution in [0.25, 0.3) is 0 Å². The number of hydrogen-bond acceptors (Lipinski definition) is 4. The summed E-state index contributed by atoms with van der Waals surface area (Å²) in [6, 6.07) is 0.445. The topological polar surface area (TPSA) is 47.6 Å². The van der Waals surface area contributed by atoms with Crippen LogP contribution in [0.15, 0.2) is 0 Å². The van der Waals surface area contributed by atoms with Crippen molar-refractivity contribution >= 4 is 5.91 Å². The van der Waals surface area contributed by atoms with Gasteiger partial charge in [0.1, 0.15) is 0 Å². The predicted molar refractivity (Wildman–Crippen MR) is 86.4 cm³/mol. The molecule has 2 saturated heterocycles. The molecule has 0 radical (unpaired) electrons. The Morgan fingerprint density at radius 1 is 1.33 bits per heavy atom. The van der Waals surface area contributed by atoms with E-state index in [1.54, 1.807) is 0 Å². The van der Waals surface area contributed by atoms with Gasteiger partial charge in [-0.15, -0.1) is 0 Å². The van der Waals surface area contributed by atoms with Crippen LogP contribution in [0.2, 0.25) is 0 Å². The number of carbonyl (C=O) groups excluding carboxylic acids is 1. The molecule has 2 fully saturated rings. The van der Waals surface area contributed by atoms with Gasteiger partial charge in [-0.1, -0.05) is 6.92 Å². The second kappa shape index (κ2) is 8.71. The molecule has 0 aromatic carbocycles. The molecular formula is C16H32N4O. The highest BCUT2D eigenvalue weighted by molar-refractivity contribution is 5.75. The molecule has 122 valence electrons. The molecular weight excluding hydrogens is 264 g/mol. The Balaban J connectivity index is 1.57. The van der Waals surface area contributed by atoms with Crippen LogP contribution in [0.1, 0.15) is 33.1 Å². The maximum Gasteiger partial charge on any atom is 0.220 e. The SMILES string of the molecule is CCN1CCN(C(C)CNC(=O)CCC2CCNC2)CC1. The lowest BCUT2D eigenvalue weighted by Gasteiger charge is -2.37. The van der Waals surface area contributed by atoms with E-state index in [1.165, 1.54) is 6.42 Å². The number of amides is 1. The van der Waals surface area contributed by atoms with Crippen LogP contribution >= 0.6 is 0 Å². The third-order valence-corrected chi connectivity index (χ3v) is 5.01. The van der Waals surface area contributed by atoms with Gasteiger partial charge in [0.15, 0.2) is 0 Å². The minimum atomic E-state index is 0.223. The molecule has 1 amide bonds. The highest BCUT2D eigenvalue weighted by Crippen LogP contribution is 2.14. The first-order valence-electron chi connectivity index (χ1n) is 8.63. The first kappa shape index (κ1) is 16.7. The van der Waals surface area contributed by atoms with Crippen molar-refractivity contribution in [2.24, 2.45) is 5.92 Å². The molecule has 5 heteroatoms. The van der Waals surface area contributed by atoms with Gasteiger partial charge in [-0.25, -0.2) is 0 Å². The number of carbonyl (C=O) groups is 1. The number of nitrogens with zero attached hydrogens (tertiary/aromatic N) is 2. The van der Waals surface area contributed by atoms with Gasteiger partial charge in [-0.2, -0.15) is 0 Å². The van der Waals surface area contributed by atoms with Gasteiger partial charge in [-0.05, 0) is 45.3 Å². The maximum absolute atomic E-state index is 11.9. The minimum absolute atomic E-state index is 0.223. The van der Waals surface area contributed by atoms with E-state index < -0.39 is 0 Å². The average Bonchev–Trinajstić information content (AvgIpc) is 3.04. The summed E-state index contributed by atoms with van der Waals surface area (Å²) in [4.78, 5) is 16.9. The summed E-state index contributed by atoms with van der Waals surface area (Å²) < 4.78 is 0. The van der Waals surface area contributed by atoms with Crippen molar-refractivity contribution in [1.82, 2.24) is 20.4 Å². The van der Waals surface area contributed by atoms with E-state index in [0.29, 0.717) is 18.4 Å². The van der Waals surface area contributed by atoms with Crippen molar-refractivity contribution in [2.75, 3.05) is 52.4 Å². The Hall–Kier alpha value is -0.650. The fraction of sp³-hybridized carbons (Fsp3) is 0.938. The molecule has 2 heterocycles. The van der Waals surface area contributed by atoms with Crippen LogP contribution in [0.4, 0.5) is 0 Å². The van der Waals surface area contributed by atoms with Gasteiger partial charge < -0.3 is 15.5 Å². The third-order valence-electron chi connectivity index (χ3n) is 5.01. The quantitative estimate of drug-likeness (QED) is 0.719. The maximum atomic E-state index is 11.9. The Morgan fingerprint density at radius 3 is 2.71 bits per heavy atom. The molecule has 2 N–H and O–H groups in total. The molecule has 5 nitrogen and oxygen atoms in total. The zero-order valence-electron chi connectivity index (χ0n) is 13.7. The Labute approximate surface area is 129 Å². The van der Waals surface area contributed by atoms with Crippen LogP contribution in [0.5, 0.6) is 0 Å². The highest BCUT2D eigenvalue weighted by atomic mass is 16.1. The highest BCUT2D eigenvalue weighted by Gasteiger charge is 2.21. The first-order valence-corrected chi connectivity index (χ1v) is 8.63. The van der Waals surface area contributed by atoms with Gasteiger partial charge in [0, 0.05) is 45.2 Å². The van der Waals surface area contributed by atoms with Crippen LogP contribution in [-0.4, -0.2) is 74.1 Å². The summed E-state index contributed by atoms with van der Waals surface area (Å²) in [5.41, 5.74) is 0. The summed E-state index contributed by atoms with van der Waals surface area (Å²) in [6.07, 6.45) is 2.94. The fourth-order valence-corrected chi connectivity index (χ4v) is 3.30.